The first-order valence-electron chi connectivity index (χ1n) is 8.31. The lowest BCUT2D eigenvalue weighted by Gasteiger charge is -2.23. The van der Waals surface area contributed by atoms with Crippen LogP contribution >= 0.6 is 0 Å². The largest absolute Gasteiger partial charge is 0.491 e. The molecule has 1 fully saturated rings. The topological polar surface area (TPSA) is 76.1 Å². The van der Waals surface area contributed by atoms with Gasteiger partial charge in [0.2, 0.25) is 0 Å². The molecule has 0 aromatic heterocycles. The van der Waals surface area contributed by atoms with Crippen molar-refractivity contribution in [3.05, 3.63) is 29.8 Å². The molecule has 1 aliphatic heterocycles. The van der Waals surface area contributed by atoms with E-state index in [-0.39, 0.29) is 24.5 Å². The van der Waals surface area contributed by atoms with E-state index in [4.69, 9.17) is 14.6 Å². The molecular weight excluding hydrogens is 310 g/mol. The molecule has 1 saturated heterocycles. The minimum absolute atomic E-state index is 0.142. The van der Waals surface area contributed by atoms with Crippen LogP contribution in [0, 0.1) is 5.92 Å². The van der Waals surface area contributed by atoms with E-state index in [1.807, 2.05) is 13.8 Å². The molecule has 1 aromatic rings. The maximum Gasteiger partial charge on any atom is 0.323 e. The first kappa shape index (κ1) is 18.3. The highest BCUT2D eigenvalue weighted by atomic mass is 16.5. The van der Waals surface area contributed by atoms with Gasteiger partial charge >= 0.3 is 5.97 Å². The highest BCUT2D eigenvalue weighted by molar-refractivity contribution is 5.95. The van der Waals surface area contributed by atoms with Gasteiger partial charge in [0.25, 0.3) is 5.91 Å². The molecule has 1 aromatic carbocycles. The third-order valence-corrected chi connectivity index (χ3v) is 3.76. The molecule has 0 spiro atoms. The molecule has 24 heavy (non-hydrogen) atoms. The molecule has 1 heterocycles. The Labute approximate surface area is 142 Å². The van der Waals surface area contributed by atoms with E-state index in [1.165, 1.54) is 4.90 Å². The molecule has 2 rings (SSSR count). The van der Waals surface area contributed by atoms with Crippen LogP contribution in [-0.4, -0.2) is 54.3 Å². The van der Waals surface area contributed by atoms with Gasteiger partial charge in [-0.2, -0.15) is 0 Å². The third kappa shape index (κ3) is 5.53. The van der Waals surface area contributed by atoms with Crippen LogP contribution in [-0.2, 0) is 9.53 Å². The Balaban J connectivity index is 1.96. The Kier molecular flexibility index (Phi) is 6.61. The van der Waals surface area contributed by atoms with Crippen LogP contribution in [0.4, 0.5) is 0 Å². The van der Waals surface area contributed by atoms with Crippen molar-refractivity contribution in [1.82, 2.24) is 4.90 Å². The smallest absolute Gasteiger partial charge is 0.323 e. The summed E-state index contributed by atoms with van der Waals surface area (Å²) in [5.41, 5.74) is 0.460. The predicted molar refractivity (Wildman–Crippen MR) is 89.3 cm³/mol. The summed E-state index contributed by atoms with van der Waals surface area (Å²) in [6, 6.07) is 6.80. The number of carbonyl (C=O) groups excluding carboxylic acids is 1. The van der Waals surface area contributed by atoms with Crippen LogP contribution in [0.2, 0.25) is 0 Å². The lowest BCUT2D eigenvalue weighted by atomic mass is 10.1. The number of carboxylic acids is 1. The van der Waals surface area contributed by atoms with Gasteiger partial charge < -0.3 is 19.5 Å². The van der Waals surface area contributed by atoms with Gasteiger partial charge in [-0.3, -0.25) is 9.59 Å². The molecule has 0 aliphatic carbocycles. The van der Waals surface area contributed by atoms with Gasteiger partial charge in [0.05, 0.1) is 6.10 Å². The number of nitrogens with zero attached hydrogens (tertiary/aromatic N) is 1. The Morgan fingerprint density at radius 1 is 1.33 bits per heavy atom. The predicted octanol–water partition coefficient (Wildman–Crippen LogP) is 2.43. The zero-order valence-electron chi connectivity index (χ0n) is 14.2. The zero-order valence-corrected chi connectivity index (χ0v) is 14.2. The molecule has 1 aliphatic rings. The molecule has 6 heteroatoms. The summed E-state index contributed by atoms with van der Waals surface area (Å²) in [5.74, 6) is -0.421. The van der Waals surface area contributed by atoms with Crippen molar-refractivity contribution in [2.24, 2.45) is 5.92 Å². The summed E-state index contributed by atoms with van der Waals surface area (Å²) in [6.45, 7) is 5.30. The molecule has 1 atom stereocenters. The summed E-state index contributed by atoms with van der Waals surface area (Å²) >= 11 is 0. The lowest BCUT2D eigenvalue weighted by molar-refractivity contribution is -0.137. The van der Waals surface area contributed by atoms with Gasteiger partial charge in [0.15, 0.2) is 0 Å². The molecule has 1 N–H and O–H groups in total. The Morgan fingerprint density at radius 3 is 2.58 bits per heavy atom. The maximum atomic E-state index is 12.5. The van der Waals surface area contributed by atoms with E-state index in [0.29, 0.717) is 24.5 Å². The molecule has 1 unspecified atom stereocenters. The van der Waals surface area contributed by atoms with Gasteiger partial charge in [0.1, 0.15) is 18.9 Å². The average molecular weight is 335 g/mol. The second kappa shape index (κ2) is 8.68. The zero-order chi connectivity index (χ0) is 17.5. The van der Waals surface area contributed by atoms with Crippen LogP contribution in [0.5, 0.6) is 5.75 Å². The summed E-state index contributed by atoms with van der Waals surface area (Å²) in [6.07, 6.45) is 2.22. The first-order valence-corrected chi connectivity index (χ1v) is 8.31. The summed E-state index contributed by atoms with van der Waals surface area (Å²) in [7, 11) is 0. The molecule has 132 valence electrons. The van der Waals surface area contributed by atoms with Crippen molar-refractivity contribution < 1.29 is 24.2 Å². The van der Waals surface area contributed by atoms with Crippen molar-refractivity contribution in [3.8, 4) is 5.75 Å². The Morgan fingerprint density at radius 2 is 2.04 bits per heavy atom. The van der Waals surface area contributed by atoms with Gasteiger partial charge in [-0.1, -0.05) is 13.8 Å². The van der Waals surface area contributed by atoms with Crippen LogP contribution in [0.15, 0.2) is 24.3 Å². The highest BCUT2D eigenvalue weighted by Gasteiger charge is 2.20. The van der Waals surface area contributed by atoms with E-state index < -0.39 is 5.97 Å². The minimum atomic E-state index is -1.01. The highest BCUT2D eigenvalue weighted by Crippen LogP contribution is 2.17. The Hall–Kier alpha value is -2.08. The number of benzene rings is 1. The van der Waals surface area contributed by atoms with Gasteiger partial charge in [-0.05, 0) is 43.0 Å². The second-order valence-corrected chi connectivity index (χ2v) is 6.44. The van der Waals surface area contributed by atoms with Crippen molar-refractivity contribution in [3.63, 3.8) is 0 Å². The lowest BCUT2D eigenvalue weighted by Crippen LogP contribution is -2.38. The monoisotopic (exact) mass is 335 g/mol. The van der Waals surface area contributed by atoms with E-state index in [9.17, 15) is 9.59 Å². The van der Waals surface area contributed by atoms with Crippen molar-refractivity contribution in [1.29, 1.82) is 0 Å². The molecular formula is C18H25NO5. The molecule has 6 nitrogen and oxygen atoms in total. The fraction of sp³-hybridized carbons (Fsp3) is 0.556. The standard InChI is InChI=1S/C18H25NO5/c1-13(2)10-19(11-17(20)21)18(22)14-5-7-15(8-6-14)24-12-16-4-3-9-23-16/h5-8,13,16H,3-4,9-12H2,1-2H3,(H,20,21). The normalized spacial score (nSPS) is 17.0. The molecule has 0 bridgehead atoms. The number of hydrogen-bond acceptors (Lipinski definition) is 4. The van der Waals surface area contributed by atoms with Crippen molar-refractivity contribution >= 4 is 11.9 Å². The number of carboxylic acid groups (broad SMARTS) is 1. The molecule has 0 saturated carbocycles. The Bertz CT molecular complexity index is 549. The number of rotatable bonds is 8. The van der Waals surface area contributed by atoms with E-state index >= 15 is 0 Å². The van der Waals surface area contributed by atoms with E-state index in [2.05, 4.69) is 0 Å². The molecule has 0 radical (unpaired) electrons. The first-order chi connectivity index (χ1) is 11.5. The van der Waals surface area contributed by atoms with E-state index in [1.54, 1.807) is 24.3 Å². The maximum absolute atomic E-state index is 12.5. The van der Waals surface area contributed by atoms with Crippen molar-refractivity contribution in [2.45, 2.75) is 32.8 Å². The number of amides is 1. The summed E-state index contributed by atoms with van der Waals surface area (Å²) in [4.78, 5) is 24.8. The van der Waals surface area contributed by atoms with Crippen LogP contribution in [0.3, 0.4) is 0 Å². The fourth-order valence-electron chi connectivity index (χ4n) is 2.66. The third-order valence-electron chi connectivity index (χ3n) is 3.76. The second-order valence-electron chi connectivity index (χ2n) is 6.44. The van der Waals surface area contributed by atoms with E-state index in [0.717, 1.165) is 19.4 Å². The fourth-order valence-corrected chi connectivity index (χ4v) is 2.66. The summed E-state index contributed by atoms with van der Waals surface area (Å²) in [5, 5.41) is 8.98. The van der Waals surface area contributed by atoms with Crippen LogP contribution in [0.1, 0.15) is 37.0 Å². The van der Waals surface area contributed by atoms with Crippen LogP contribution in [0.25, 0.3) is 0 Å². The number of aliphatic carboxylic acids is 1. The summed E-state index contributed by atoms with van der Waals surface area (Å²) < 4.78 is 11.2. The van der Waals surface area contributed by atoms with Crippen LogP contribution < -0.4 is 4.74 Å². The number of ether oxygens (including phenoxy) is 2. The van der Waals surface area contributed by atoms with Gasteiger partial charge in [0, 0.05) is 18.7 Å². The quantitative estimate of drug-likeness (QED) is 0.789. The number of carbonyl (C=O) groups is 2. The SMILES string of the molecule is CC(C)CN(CC(=O)O)C(=O)c1ccc(OCC2CCCO2)cc1. The van der Waals surface area contributed by atoms with Gasteiger partial charge in [-0.15, -0.1) is 0 Å². The van der Waals surface area contributed by atoms with Gasteiger partial charge in [-0.25, -0.2) is 0 Å². The molecule has 1 amide bonds. The minimum Gasteiger partial charge on any atom is -0.491 e. The average Bonchev–Trinajstić information content (AvgIpc) is 3.04. The van der Waals surface area contributed by atoms with Crippen molar-refractivity contribution in [2.75, 3.05) is 26.3 Å². The number of hydrogen-bond donors (Lipinski definition) is 1.